The van der Waals surface area contributed by atoms with E-state index in [0.29, 0.717) is 30.1 Å². The topological polar surface area (TPSA) is 97.1 Å². The predicted molar refractivity (Wildman–Crippen MR) is 155 cm³/mol. The molecule has 0 spiro atoms. The van der Waals surface area contributed by atoms with Gasteiger partial charge in [0.1, 0.15) is 11.7 Å². The zero-order valence-corrected chi connectivity index (χ0v) is 24.4. The van der Waals surface area contributed by atoms with Gasteiger partial charge >= 0.3 is 6.09 Å². The number of ether oxygens (including phenoxy) is 1. The summed E-state index contributed by atoms with van der Waals surface area (Å²) in [6, 6.07) is 13.7. The van der Waals surface area contributed by atoms with Gasteiger partial charge in [-0.2, -0.15) is 5.26 Å². The fourth-order valence-electron chi connectivity index (χ4n) is 5.81. The van der Waals surface area contributed by atoms with Crippen molar-refractivity contribution < 1.29 is 19.4 Å². The van der Waals surface area contributed by atoms with Crippen molar-refractivity contribution in [2.45, 2.75) is 65.5 Å². The molecule has 2 aliphatic heterocycles. The van der Waals surface area contributed by atoms with Gasteiger partial charge in [0.05, 0.1) is 23.9 Å². The van der Waals surface area contributed by atoms with Crippen LogP contribution in [0.4, 0.5) is 10.5 Å². The molecule has 214 valence electrons. The number of nitriles is 1. The molecule has 8 heteroatoms. The highest BCUT2D eigenvalue weighted by atomic mass is 16.6. The molecule has 0 aliphatic carbocycles. The number of aliphatic hydroxyl groups excluding tert-OH is 1. The summed E-state index contributed by atoms with van der Waals surface area (Å²) in [5, 5.41) is 19.5. The number of anilines is 1. The van der Waals surface area contributed by atoms with Crippen molar-refractivity contribution >= 4 is 17.7 Å². The van der Waals surface area contributed by atoms with Gasteiger partial charge in [-0.25, -0.2) is 4.79 Å². The molecule has 4 rings (SSSR count). The van der Waals surface area contributed by atoms with Crippen LogP contribution in [-0.4, -0.2) is 77.9 Å². The average molecular weight is 547 g/mol. The molecule has 2 aliphatic rings. The van der Waals surface area contributed by atoms with Crippen molar-refractivity contribution in [3.8, 4) is 6.07 Å². The summed E-state index contributed by atoms with van der Waals surface area (Å²) < 4.78 is 5.51. The lowest BCUT2D eigenvalue weighted by Crippen LogP contribution is -2.58. The van der Waals surface area contributed by atoms with Gasteiger partial charge in [-0.3, -0.25) is 9.69 Å². The second-order valence-corrected chi connectivity index (χ2v) is 12.1. The first kappa shape index (κ1) is 29.4. The summed E-state index contributed by atoms with van der Waals surface area (Å²) in [7, 11) is 0. The molecular weight excluding hydrogens is 504 g/mol. The number of rotatable bonds is 5. The molecule has 40 heavy (non-hydrogen) atoms. The first-order chi connectivity index (χ1) is 19.0. The average Bonchev–Trinajstić information content (AvgIpc) is 2.93. The van der Waals surface area contributed by atoms with Gasteiger partial charge in [0.25, 0.3) is 5.91 Å². The maximum atomic E-state index is 13.7. The minimum atomic E-state index is -0.628. The number of hydrogen-bond acceptors (Lipinski definition) is 6. The van der Waals surface area contributed by atoms with E-state index in [1.165, 1.54) is 16.0 Å². The predicted octanol–water partition coefficient (Wildman–Crippen LogP) is 4.69. The Morgan fingerprint density at radius 1 is 1.05 bits per heavy atom. The largest absolute Gasteiger partial charge is 0.444 e. The number of nitrogens with zero attached hydrogens (tertiary/aromatic N) is 4. The molecule has 0 bridgehead atoms. The molecule has 0 aromatic heterocycles. The molecule has 2 saturated heterocycles. The SMILES string of the molecule is Cc1cc(C)c(C(=O)N2CCN(C(=O)OC(C)(C)C)[C@@H](CO)C2)cc1CC1CCN(c2ccccc2C#N)CC1. The minimum absolute atomic E-state index is 0.0658. The third-order valence-electron chi connectivity index (χ3n) is 8.01. The van der Waals surface area contributed by atoms with Crippen LogP contribution in [0.5, 0.6) is 0 Å². The van der Waals surface area contributed by atoms with Gasteiger partial charge in [-0.1, -0.05) is 18.2 Å². The molecule has 1 N–H and O–H groups in total. The number of aryl methyl sites for hydroxylation is 2. The number of piperidine rings is 1. The third kappa shape index (κ3) is 6.76. The normalized spacial score (nSPS) is 18.4. The molecule has 0 radical (unpaired) electrons. The van der Waals surface area contributed by atoms with E-state index < -0.39 is 17.7 Å². The second-order valence-electron chi connectivity index (χ2n) is 12.1. The zero-order chi connectivity index (χ0) is 29.0. The molecule has 2 amide bonds. The fraction of sp³-hybridized carbons (Fsp3) is 0.531. The van der Waals surface area contributed by atoms with Crippen molar-refractivity contribution in [3.63, 3.8) is 0 Å². The van der Waals surface area contributed by atoms with Crippen LogP contribution in [0.3, 0.4) is 0 Å². The Hall–Kier alpha value is -3.57. The maximum Gasteiger partial charge on any atom is 0.410 e. The van der Waals surface area contributed by atoms with E-state index in [2.05, 4.69) is 30.0 Å². The van der Waals surface area contributed by atoms with Crippen LogP contribution in [0, 0.1) is 31.1 Å². The Morgan fingerprint density at radius 2 is 1.75 bits per heavy atom. The van der Waals surface area contributed by atoms with Gasteiger partial charge in [0.15, 0.2) is 0 Å². The lowest BCUT2D eigenvalue weighted by Gasteiger charge is -2.41. The molecular formula is C32H42N4O4. The lowest BCUT2D eigenvalue weighted by molar-refractivity contribution is -0.00986. The molecule has 0 saturated carbocycles. The summed E-state index contributed by atoms with van der Waals surface area (Å²) in [6.45, 7) is 12.1. The Balaban J connectivity index is 1.42. The number of carbonyl (C=O) groups excluding carboxylic acids is 2. The van der Waals surface area contributed by atoms with E-state index in [-0.39, 0.29) is 19.1 Å². The first-order valence-corrected chi connectivity index (χ1v) is 14.2. The molecule has 1 atom stereocenters. The van der Waals surface area contributed by atoms with Gasteiger partial charge in [0, 0.05) is 38.3 Å². The van der Waals surface area contributed by atoms with Crippen molar-refractivity contribution in [1.82, 2.24) is 9.80 Å². The minimum Gasteiger partial charge on any atom is -0.444 e. The molecule has 2 aromatic carbocycles. The highest BCUT2D eigenvalue weighted by Crippen LogP contribution is 2.30. The Bertz CT molecular complexity index is 1270. The fourth-order valence-corrected chi connectivity index (χ4v) is 5.81. The van der Waals surface area contributed by atoms with Gasteiger partial charge in [-0.05, 0) is 94.7 Å². The van der Waals surface area contributed by atoms with E-state index >= 15 is 0 Å². The van der Waals surface area contributed by atoms with Crippen LogP contribution in [0.2, 0.25) is 0 Å². The lowest BCUT2D eigenvalue weighted by atomic mass is 9.86. The van der Waals surface area contributed by atoms with E-state index in [9.17, 15) is 20.0 Å². The van der Waals surface area contributed by atoms with Crippen LogP contribution in [-0.2, 0) is 11.2 Å². The van der Waals surface area contributed by atoms with Gasteiger partial charge in [0.2, 0.25) is 0 Å². The Morgan fingerprint density at radius 3 is 2.40 bits per heavy atom. The summed E-state index contributed by atoms with van der Waals surface area (Å²) in [4.78, 5) is 31.9. The smallest absolute Gasteiger partial charge is 0.410 e. The van der Waals surface area contributed by atoms with Gasteiger partial charge in [-0.15, -0.1) is 0 Å². The first-order valence-electron chi connectivity index (χ1n) is 14.2. The van der Waals surface area contributed by atoms with Crippen LogP contribution in [0.25, 0.3) is 0 Å². The van der Waals surface area contributed by atoms with Crippen LogP contribution >= 0.6 is 0 Å². The summed E-state index contributed by atoms with van der Waals surface area (Å²) in [6.07, 6.45) is 2.50. The number of aliphatic hydroxyl groups is 1. The highest BCUT2D eigenvalue weighted by Gasteiger charge is 2.35. The van der Waals surface area contributed by atoms with Crippen LogP contribution in [0.1, 0.15) is 66.2 Å². The number of piperazine rings is 1. The van der Waals surface area contributed by atoms with Crippen molar-refractivity contribution in [2.24, 2.45) is 5.92 Å². The number of amides is 2. The number of carbonyl (C=O) groups is 2. The standard InChI is InChI=1S/C32H42N4O4/c1-22-16-23(2)28(30(38)35-14-15-36(27(20-35)21-37)31(39)40-32(3,4)5)18-26(22)17-24-10-12-34(13-11-24)29-9-7-6-8-25(29)19-33/h6-9,16,18,24,27,37H,10-15,17,20-21H2,1-5H3/t27-/m1/s1. The molecule has 2 heterocycles. The van der Waals surface area contributed by atoms with Gasteiger partial charge < -0.3 is 19.6 Å². The van der Waals surface area contributed by atoms with Crippen molar-refractivity contribution in [3.05, 3.63) is 64.2 Å². The molecule has 2 aromatic rings. The maximum absolute atomic E-state index is 13.7. The van der Waals surface area contributed by atoms with E-state index in [0.717, 1.165) is 43.6 Å². The summed E-state index contributed by atoms with van der Waals surface area (Å²) in [5.74, 6) is 0.440. The highest BCUT2D eigenvalue weighted by molar-refractivity contribution is 5.96. The second kappa shape index (κ2) is 12.3. The third-order valence-corrected chi connectivity index (χ3v) is 8.01. The van der Waals surface area contributed by atoms with Crippen molar-refractivity contribution in [2.75, 3.05) is 44.2 Å². The molecule has 8 nitrogen and oxygen atoms in total. The Kier molecular flexibility index (Phi) is 9.05. The number of hydrogen-bond donors (Lipinski definition) is 1. The number of para-hydroxylation sites is 1. The Labute approximate surface area is 238 Å². The monoisotopic (exact) mass is 546 g/mol. The van der Waals surface area contributed by atoms with Crippen LogP contribution in [0.15, 0.2) is 36.4 Å². The summed E-state index contributed by atoms with van der Waals surface area (Å²) >= 11 is 0. The molecule has 0 unspecified atom stereocenters. The van der Waals surface area contributed by atoms with Crippen LogP contribution < -0.4 is 4.90 Å². The molecule has 2 fully saturated rings. The zero-order valence-electron chi connectivity index (χ0n) is 24.4. The van der Waals surface area contributed by atoms with Crippen molar-refractivity contribution in [1.29, 1.82) is 5.26 Å². The quantitative estimate of drug-likeness (QED) is 0.585. The van der Waals surface area contributed by atoms with E-state index in [4.69, 9.17) is 4.74 Å². The van der Waals surface area contributed by atoms with E-state index in [1.807, 2.05) is 52.0 Å². The number of benzene rings is 2. The summed E-state index contributed by atoms with van der Waals surface area (Å²) in [5.41, 5.74) is 5.10. The van der Waals surface area contributed by atoms with E-state index in [1.54, 1.807) is 4.90 Å².